The minimum Gasteiger partial charge on any atom is -0.493 e. The smallest absolute Gasteiger partial charge is 0.264 e. The molecule has 0 spiro atoms. The molecule has 3 rings (SSSR count). The molecule has 0 unspecified atom stereocenters. The molecule has 31 heavy (non-hydrogen) atoms. The van der Waals surface area contributed by atoms with E-state index < -0.39 is 20.7 Å². The van der Waals surface area contributed by atoms with Crippen LogP contribution in [0.5, 0.6) is 23.1 Å². The number of pyridine rings is 1. The molecule has 1 N–H and O–H groups in total. The first kappa shape index (κ1) is 21.9. The van der Waals surface area contributed by atoms with Crippen LogP contribution in [0.4, 0.5) is 10.1 Å². The number of nitriles is 1. The minimum absolute atomic E-state index is 0.0721. The van der Waals surface area contributed by atoms with Gasteiger partial charge in [-0.1, -0.05) is 0 Å². The van der Waals surface area contributed by atoms with Gasteiger partial charge in [0.1, 0.15) is 28.1 Å². The summed E-state index contributed by atoms with van der Waals surface area (Å²) in [6.45, 7) is 1.65. The summed E-state index contributed by atoms with van der Waals surface area (Å²) in [5.41, 5.74) is 0.994. The highest BCUT2D eigenvalue weighted by Gasteiger charge is 2.23. The predicted octanol–water partition coefficient (Wildman–Crippen LogP) is 4.01. The van der Waals surface area contributed by atoms with E-state index in [0.717, 1.165) is 12.1 Å². The van der Waals surface area contributed by atoms with Crippen molar-refractivity contribution in [3.8, 4) is 29.2 Å². The zero-order chi connectivity index (χ0) is 22.6. The molecule has 160 valence electrons. The number of nitrogens with one attached hydrogen (secondary N) is 1. The van der Waals surface area contributed by atoms with Crippen LogP contribution in [0, 0.1) is 24.1 Å². The average Bonchev–Trinajstić information content (AvgIpc) is 2.75. The van der Waals surface area contributed by atoms with Crippen molar-refractivity contribution in [3.63, 3.8) is 0 Å². The van der Waals surface area contributed by atoms with Gasteiger partial charge < -0.3 is 14.2 Å². The number of hydrogen-bond donors (Lipinski definition) is 1. The van der Waals surface area contributed by atoms with Crippen LogP contribution < -0.4 is 18.9 Å². The molecular weight excluding hydrogens is 425 g/mol. The summed E-state index contributed by atoms with van der Waals surface area (Å²) in [5.74, 6) is -0.351. The van der Waals surface area contributed by atoms with Gasteiger partial charge in [-0.25, -0.2) is 17.8 Å². The van der Waals surface area contributed by atoms with E-state index in [1.807, 2.05) is 6.07 Å². The fourth-order valence-electron chi connectivity index (χ4n) is 2.72. The Morgan fingerprint density at radius 2 is 1.81 bits per heavy atom. The summed E-state index contributed by atoms with van der Waals surface area (Å²) >= 11 is 0. The number of sulfonamides is 1. The lowest BCUT2D eigenvalue weighted by Crippen LogP contribution is -2.15. The number of rotatable bonds is 7. The Morgan fingerprint density at radius 1 is 1.10 bits per heavy atom. The molecule has 0 aliphatic carbocycles. The first-order chi connectivity index (χ1) is 14.8. The van der Waals surface area contributed by atoms with Crippen LogP contribution in [0.15, 0.2) is 53.6 Å². The van der Waals surface area contributed by atoms with Crippen molar-refractivity contribution >= 4 is 15.7 Å². The Bertz CT molecular complexity index is 1270. The van der Waals surface area contributed by atoms with Crippen molar-refractivity contribution in [3.05, 3.63) is 65.6 Å². The summed E-state index contributed by atoms with van der Waals surface area (Å²) in [5, 5.41) is 9.13. The standard InChI is InChI=1S/C21H18FN3O5S/c1-13-9-15(30-21-14(12-23)5-4-8-24-21)6-7-17(13)25-31(26,27)20-11-19(29-3)18(28-2)10-16(20)22/h4-11,25H,1-3H3. The van der Waals surface area contributed by atoms with Crippen LogP contribution in [0.25, 0.3) is 0 Å². The van der Waals surface area contributed by atoms with E-state index in [-0.39, 0.29) is 28.6 Å². The van der Waals surface area contributed by atoms with Crippen LogP contribution in [-0.2, 0) is 10.0 Å². The van der Waals surface area contributed by atoms with Gasteiger partial charge in [0, 0.05) is 18.3 Å². The maximum Gasteiger partial charge on any atom is 0.264 e. The Morgan fingerprint density at radius 3 is 2.45 bits per heavy atom. The van der Waals surface area contributed by atoms with Crippen molar-refractivity contribution in [1.82, 2.24) is 4.98 Å². The third-order valence-corrected chi connectivity index (χ3v) is 5.66. The highest BCUT2D eigenvalue weighted by molar-refractivity contribution is 7.92. The largest absolute Gasteiger partial charge is 0.493 e. The third kappa shape index (κ3) is 4.67. The number of benzene rings is 2. The third-order valence-electron chi connectivity index (χ3n) is 4.28. The Kier molecular flexibility index (Phi) is 6.27. The Balaban J connectivity index is 1.88. The average molecular weight is 443 g/mol. The second-order valence-corrected chi connectivity index (χ2v) is 7.94. The van der Waals surface area contributed by atoms with Gasteiger partial charge in [0.2, 0.25) is 5.88 Å². The van der Waals surface area contributed by atoms with Crippen LogP contribution in [0.1, 0.15) is 11.1 Å². The summed E-state index contributed by atoms with van der Waals surface area (Å²) in [7, 11) is -1.62. The fraction of sp³-hybridized carbons (Fsp3) is 0.143. The molecule has 0 fully saturated rings. The molecule has 3 aromatic rings. The maximum absolute atomic E-state index is 14.4. The van der Waals surface area contributed by atoms with Gasteiger partial charge in [-0.05, 0) is 42.8 Å². The van der Waals surface area contributed by atoms with Crippen molar-refractivity contribution in [1.29, 1.82) is 5.26 Å². The SMILES string of the molecule is COc1cc(F)c(S(=O)(=O)Nc2ccc(Oc3ncccc3C#N)cc2C)cc1OC. The normalized spacial score (nSPS) is 10.8. The molecule has 0 saturated carbocycles. The summed E-state index contributed by atoms with van der Waals surface area (Å²) in [6, 6.07) is 11.7. The maximum atomic E-state index is 14.4. The van der Waals surface area contributed by atoms with E-state index in [4.69, 9.17) is 19.5 Å². The van der Waals surface area contributed by atoms with Crippen molar-refractivity contribution in [2.24, 2.45) is 0 Å². The molecule has 0 atom stereocenters. The molecule has 0 bridgehead atoms. The molecule has 1 heterocycles. The van der Waals surface area contributed by atoms with Gasteiger partial charge >= 0.3 is 0 Å². The second-order valence-electron chi connectivity index (χ2n) is 6.29. The lowest BCUT2D eigenvalue weighted by atomic mass is 10.2. The van der Waals surface area contributed by atoms with Crippen LogP contribution in [0.3, 0.4) is 0 Å². The second kappa shape index (κ2) is 8.89. The molecule has 8 nitrogen and oxygen atoms in total. The highest BCUT2D eigenvalue weighted by atomic mass is 32.2. The predicted molar refractivity (Wildman–Crippen MR) is 111 cm³/mol. The lowest BCUT2D eigenvalue weighted by molar-refractivity contribution is 0.350. The molecule has 2 aromatic carbocycles. The van der Waals surface area contributed by atoms with E-state index >= 15 is 0 Å². The molecule has 0 amide bonds. The van der Waals surface area contributed by atoms with Gasteiger partial charge in [-0.2, -0.15) is 5.26 Å². The number of aryl methyl sites for hydroxylation is 1. The number of aromatic nitrogens is 1. The van der Waals surface area contributed by atoms with Gasteiger partial charge in [0.05, 0.1) is 19.9 Å². The van der Waals surface area contributed by atoms with Gasteiger partial charge in [-0.3, -0.25) is 4.72 Å². The molecule has 0 radical (unpaired) electrons. The summed E-state index contributed by atoms with van der Waals surface area (Å²) in [4.78, 5) is 3.43. The number of halogens is 1. The number of nitrogens with zero attached hydrogens (tertiary/aromatic N) is 2. The number of ether oxygens (including phenoxy) is 3. The first-order valence-corrected chi connectivity index (χ1v) is 10.4. The van der Waals surface area contributed by atoms with E-state index in [1.54, 1.807) is 25.1 Å². The van der Waals surface area contributed by atoms with E-state index in [1.165, 1.54) is 32.5 Å². The van der Waals surface area contributed by atoms with Crippen molar-refractivity contribution in [2.45, 2.75) is 11.8 Å². The first-order valence-electron chi connectivity index (χ1n) is 8.87. The Labute approximate surface area is 178 Å². The monoisotopic (exact) mass is 443 g/mol. The molecular formula is C21H18FN3O5S. The van der Waals surface area contributed by atoms with Crippen LogP contribution in [-0.4, -0.2) is 27.6 Å². The zero-order valence-electron chi connectivity index (χ0n) is 16.8. The van der Waals surface area contributed by atoms with Crippen molar-refractivity contribution < 1.29 is 27.0 Å². The highest BCUT2D eigenvalue weighted by Crippen LogP contribution is 2.33. The number of hydrogen-bond acceptors (Lipinski definition) is 7. The quantitative estimate of drug-likeness (QED) is 0.587. The number of anilines is 1. The molecule has 0 aliphatic heterocycles. The van der Waals surface area contributed by atoms with Crippen LogP contribution >= 0.6 is 0 Å². The number of methoxy groups -OCH3 is 2. The van der Waals surface area contributed by atoms with E-state index in [2.05, 4.69) is 9.71 Å². The lowest BCUT2D eigenvalue weighted by Gasteiger charge is -2.14. The Hall–Kier alpha value is -3.84. The van der Waals surface area contributed by atoms with E-state index in [0.29, 0.717) is 11.3 Å². The van der Waals surface area contributed by atoms with E-state index in [9.17, 15) is 12.8 Å². The van der Waals surface area contributed by atoms with Gasteiger partial charge in [-0.15, -0.1) is 0 Å². The van der Waals surface area contributed by atoms with Gasteiger partial charge in [0.15, 0.2) is 11.5 Å². The van der Waals surface area contributed by atoms with Crippen molar-refractivity contribution in [2.75, 3.05) is 18.9 Å². The fourth-order valence-corrected chi connectivity index (χ4v) is 3.93. The molecule has 10 heteroatoms. The molecule has 0 saturated heterocycles. The van der Waals surface area contributed by atoms with Crippen LogP contribution in [0.2, 0.25) is 0 Å². The topological polar surface area (TPSA) is 111 Å². The molecule has 1 aromatic heterocycles. The summed E-state index contributed by atoms with van der Waals surface area (Å²) < 4.78 is 58.0. The van der Waals surface area contributed by atoms with Gasteiger partial charge in [0.25, 0.3) is 10.0 Å². The molecule has 0 aliphatic rings. The summed E-state index contributed by atoms with van der Waals surface area (Å²) in [6.07, 6.45) is 1.49. The zero-order valence-corrected chi connectivity index (χ0v) is 17.7. The minimum atomic E-state index is -4.26.